The molecule has 1 aromatic heterocycles. The lowest BCUT2D eigenvalue weighted by Gasteiger charge is -2.21. The second-order valence-corrected chi connectivity index (χ2v) is 5.81. The Hall–Kier alpha value is -1.62. The summed E-state index contributed by atoms with van der Waals surface area (Å²) in [6, 6.07) is 1.79. The van der Waals surface area contributed by atoms with Crippen molar-refractivity contribution in [3.8, 4) is 0 Å². The Kier molecular flexibility index (Phi) is 3.96. The zero-order valence-electron chi connectivity index (χ0n) is 11.6. The molecule has 1 heterocycles. The number of hydrogen-bond donors (Lipinski definition) is 2. The van der Waals surface area contributed by atoms with E-state index in [9.17, 15) is 4.79 Å². The number of nitrogens with one attached hydrogen (secondary N) is 1. The summed E-state index contributed by atoms with van der Waals surface area (Å²) in [6.07, 6.45) is 2.73. The Balaban J connectivity index is 2.77. The summed E-state index contributed by atoms with van der Waals surface area (Å²) in [7, 11) is 0. The highest BCUT2D eigenvalue weighted by atomic mass is 16.6. The summed E-state index contributed by atoms with van der Waals surface area (Å²) in [5.74, 6) is 0. The first-order chi connectivity index (χ1) is 8.08. The van der Waals surface area contributed by atoms with Crippen molar-refractivity contribution in [2.45, 2.75) is 45.8 Å². The van der Waals surface area contributed by atoms with Gasteiger partial charge in [-0.1, -0.05) is 0 Å². The predicted octanol–water partition coefficient (Wildman–Crippen LogP) is 2.62. The Bertz CT molecular complexity index is 431. The average Bonchev–Trinajstić information content (AvgIpc) is 2.13. The van der Waals surface area contributed by atoms with Crippen LogP contribution in [0.15, 0.2) is 18.5 Å². The van der Waals surface area contributed by atoms with Gasteiger partial charge in [0.15, 0.2) is 0 Å². The fourth-order valence-corrected chi connectivity index (χ4v) is 1.28. The van der Waals surface area contributed by atoms with Crippen LogP contribution in [0, 0.1) is 0 Å². The minimum absolute atomic E-state index is 0.501. The molecule has 0 unspecified atom stereocenters. The number of anilines is 1. The fraction of sp³-hybridized carbons (Fsp3) is 0.538. The Morgan fingerprint density at radius 1 is 1.28 bits per heavy atom. The zero-order chi connectivity index (χ0) is 14.0. The van der Waals surface area contributed by atoms with Crippen LogP contribution in [-0.2, 0) is 10.3 Å². The maximum atomic E-state index is 11.6. The highest BCUT2D eigenvalue weighted by Gasteiger charge is 2.18. The van der Waals surface area contributed by atoms with Gasteiger partial charge in [0.05, 0.1) is 11.9 Å². The van der Waals surface area contributed by atoms with Crippen molar-refractivity contribution in [1.82, 2.24) is 4.98 Å². The van der Waals surface area contributed by atoms with E-state index in [4.69, 9.17) is 10.5 Å². The lowest BCUT2D eigenvalue weighted by Crippen LogP contribution is -2.29. The molecule has 0 aliphatic rings. The minimum Gasteiger partial charge on any atom is -0.444 e. The maximum Gasteiger partial charge on any atom is 0.412 e. The van der Waals surface area contributed by atoms with Gasteiger partial charge in [0.2, 0.25) is 0 Å². The van der Waals surface area contributed by atoms with Crippen molar-refractivity contribution in [3.63, 3.8) is 0 Å². The average molecular weight is 251 g/mol. The molecular formula is C13H21N3O2. The quantitative estimate of drug-likeness (QED) is 0.847. The molecule has 1 rings (SSSR count). The van der Waals surface area contributed by atoms with Crippen LogP contribution >= 0.6 is 0 Å². The largest absolute Gasteiger partial charge is 0.444 e. The molecule has 100 valence electrons. The molecule has 5 nitrogen and oxygen atoms in total. The van der Waals surface area contributed by atoms with Crippen LogP contribution in [0.1, 0.15) is 40.2 Å². The highest BCUT2D eigenvalue weighted by Crippen LogP contribution is 2.19. The molecule has 0 aromatic carbocycles. The van der Waals surface area contributed by atoms with Gasteiger partial charge in [0, 0.05) is 11.7 Å². The molecule has 0 bridgehead atoms. The molecule has 0 spiro atoms. The number of nitrogens with two attached hydrogens (primary N) is 1. The van der Waals surface area contributed by atoms with Gasteiger partial charge in [-0.2, -0.15) is 0 Å². The summed E-state index contributed by atoms with van der Waals surface area (Å²) < 4.78 is 5.16. The van der Waals surface area contributed by atoms with Gasteiger partial charge < -0.3 is 10.5 Å². The predicted molar refractivity (Wildman–Crippen MR) is 71.3 cm³/mol. The second-order valence-electron chi connectivity index (χ2n) is 5.81. The SMILES string of the molecule is CC(C)(C)OC(=O)Nc1cncc(C(C)(C)N)c1. The fourth-order valence-electron chi connectivity index (χ4n) is 1.28. The molecule has 0 saturated heterocycles. The molecule has 1 aromatic rings. The normalized spacial score (nSPS) is 12.1. The Morgan fingerprint density at radius 3 is 2.39 bits per heavy atom. The molecular weight excluding hydrogens is 230 g/mol. The third kappa shape index (κ3) is 4.71. The number of pyridine rings is 1. The van der Waals surface area contributed by atoms with Gasteiger partial charge in [0.25, 0.3) is 0 Å². The maximum absolute atomic E-state index is 11.6. The number of carbonyl (C=O) groups is 1. The monoisotopic (exact) mass is 251 g/mol. The van der Waals surface area contributed by atoms with Crippen LogP contribution in [0.3, 0.4) is 0 Å². The van der Waals surface area contributed by atoms with Crippen LogP contribution in [0.5, 0.6) is 0 Å². The van der Waals surface area contributed by atoms with E-state index >= 15 is 0 Å². The van der Waals surface area contributed by atoms with E-state index in [-0.39, 0.29) is 0 Å². The van der Waals surface area contributed by atoms with Crippen molar-refractivity contribution < 1.29 is 9.53 Å². The molecule has 0 aliphatic heterocycles. The number of aromatic nitrogens is 1. The summed E-state index contributed by atoms with van der Waals surface area (Å²) in [6.45, 7) is 9.18. The van der Waals surface area contributed by atoms with Crippen molar-refractivity contribution in [2.24, 2.45) is 5.73 Å². The molecule has 1 amide bonds. The van der Waals surface area contributed by atoms with Gasteiger partial charge in [0.1, 0.15) is 5.60 Å². The van der Waals surface area contributed by atoms with E-state index in [1.807, 2.05) is 34.6 Å². The van der Waals surface area contributed by atoms with Crippen molar-refractivity contribution >= 4 is 11.8 Å². The van der Waals surface area contributed by atoms with E-state index in [1.165, 1.54) is 0 Å². The van der Waals surface area contributed by atoms with Crippen LogP contribution in [0.2, 0.25) is 0 Å². The summed E-state index contributed by atoms with van der Waals surface area (Å²) in [4.78, 5) is 15.6. The van der Waals surface area contributed by atoms with Crippen molar-refractivity contribution in [2.75, 3.05) is 5.32 Å². The molecule has 0 fully saturated rings. The van der Waals surface area contributed by atoms with E-state index in [0.717, 1.165) is 5.56 Å². The number of hydrogen-bond acceptors (Lipinski definition) is 4. The number of carbonyl (C=O) groups excluding carboxylic acids is 1. The van der Waals surface area contributed by atoms with Gasteiger partial charge in [-0.15, -0.1) is 0 Å². The molecule has 3 N–H and O–H groups in total. The lowest BCUT2D eigenvalue weighted by atomic mass is 9.97. The van der Waals surface area contributed by atoms with E-state index in [2.05, 4.69) is 10.3 Å². The molecule has 0 radical (unpaired) electrons. The number of amides is 1. The van der Waals surface area contributed by atoms with Gasteiger partial charge in [-0.25, -0.2) is 4.79 Å². The first-order valence-electron chi connectivity index (χ1n) is 5.82. The summed E-state index contributed by atoms with van der Waals surface area (Å²) in [5.41, 5.74) is 6.36. The molecule has 18 heavy (non-hydrogen) atoms. The Morgan fingerprint density at radius 2 is 1.89 bits per heavy atom. The Labute approximate surface area is 108 Å². The lowest BCUT2D eigenvalue weighted by molar-refractivity contribution is 0.0636. The molecule has 0 aliphatic carbocycles. The van der Waals surface area contributed by atoms with Gasteiger partial charge in [-0.05, 0) is 46.2 Å². The van der Waals surface area contributed by atoms with E-state index in [0.29, 0.717) is 5.69 Å². The molecule has 0 atom stereocenters. The topological polar surface area (TPSA) is 77.2 Å². The van der Waals surface area contributed by atoms with Gasteiger partial charge in [-0.3, -0.25) is 10.3 Å². The van der Waals surface area contributed by atoms with Crippen LogP contribution in [-0.4, -0.2) is 16.7 Å². The zero-order valence-corrected chi connectivity index (χ0v) is 11.6. The number of nitrogens with zero attached hydrogens (tertiary/aromatic N) is 1. The highest BCUT2D eigenvalue weighted by molar-refractivity contribution is 5.84. The van der Waals surface area contributed by atoms with Crippen LogP contribution in [0.4, 0.5) is 10.5 Å². The van der Waals surface area contributed by atoms with Crippen molar-refractivity contribution in [3.05, 3.63) is 24.0 Å². The first-order valence-corrected chi connectivity index (χ1v) is 5.82. The van der Waals surface area contributed by atoms with E-state index < -0.39 is 17.2 Å². The van der Waals surface area contributed by atoms with Crippen LogP contribution in [0.25, 0.3) is 0 Å². The minimum atomic E-state index is -0.526. The van der Waals surface area contributed by atoms with Crippen LogP contribution < -0.4 is 11.1 Å². The number of ether oxygens (including phenoxy) is 1. The molecule has 0 saturated carbocycles. The molecule has 5 heteroatoms. The summed E-state index contributed by atoms with van der Waals surface area (Å²) >= 11 is 0. The standard InChI is InChI=1S/C13H21N3O2/c1-12(2,3)18-11(17)16-10-6-9(7-15-8-10)13(4,5)14/h6-8H,14H2,1-5H3,(H,16,17). The second kappa shape index (κ2) is 4.94. The number of rotatable bonds is 2. The van der Waals surface area contributed by atoms with Crippen molar-refractivity contribution in [1.29, 1.82) is 0 Å². The summed E-state index contributed by atoms with van der Waals surface area (Å²) in [5, 5.41) is 2.63. The smallest absolute Gasteiger partial charge is 0.412 e. The first kappa shape index (κ1) is 14.4. The third-order valence-corrected chi connectivity index (χ3v) is 2.13. The van der Waals surface area contributed by atoms with E-state index in [1.54, 1.807) is 18.5 Å². The van der Waals surface area contributed by atoms with Gasteiger partial charge >= 0.3 is 6.09 Å². The third-order valence-electron chi connectivity index (χ3n) is 2.13.